The molecule has 0 radical (unpaired) electrons. The van der Waals surface area contributed by atoms with Crippen molar-refractivity contribution < 1.29 is 4.79 Å². The fraction of sp³-hybridized carbons (Fsp3) is 0.250. The number of hydrogen-bond donors (Lipinski definition) is 2. The van der Waals surface area contributed by atoms with Gasteiger partial charge in [0.15, 0.2) is 5.16 Å². The first kappa shape index (κ1) is 13.9. The van der Waals surface area contributed by atoms with Crippen molar-refractivity contribution in [3.63, 3.8) is 0 Å². The normalized spacial score (nSPS) is 12.1. The summed E-state index contributed by atoms with van der Waals surface area (Å²) in [6.45, 7) is 1.93. The van der Waals surface area contributed by atoms with Crippen molar-refractivity contribution in [1.29, 1.82) is 0 Å². The molecule has 1 aromatic carbocycles. The molecule has 0 aliphatic rings. The van der Waals surface area contributed by atoms with E-state index in [0.29, 0.717) is 15.9 Å². The van der Waals surface area contributed by atoms with E-state index in [1.165, 1.54) is 18.1 Å². The van der Waals surface area contributed by atoms with Crippen LogP contribution in [0.5, 0.6) is 0 Å². The predicted molar refractivity (Wildman–Crippen MR) is 75.1 cm³/mol. The van der Waals surface area contributed by atoms with Gasteiger partial charge in [-0.3, -0.25) is 9.89 Å². The summed E-state index contributed by atoms with van der Waals surface area (Å²) in [5, 5.41) is 10.6. The third kappa shape index (κ3) is 4.25. The number of thioether (sulfide) groups is 1. The van der Waals surface area contributed by atoms with Crippen LogP contribution in [0.25, 0.3) is 0 Å². The summed E-state index contributed by atoms with van der Waals surface area (Å²) in [4.78, 5) is 15.7. The summed E-state index contributed by atoms with van der Waals surface area (Å²) >= 11 is 7.13. The SMILES string of the molecule is C[C@@H](NC(=O)CSc1ncn[nH]1)c1ccc(Cl)cc1. The minimum atomic E-state index is -0.0555. The van der Waals surface area contributed by atoms with Gasteiger partial charge in [-0.25, -0.2) is 4.98 Å². The van der Waals surface area contributed by atoms with Crippen LogP contribution in [0.3, 0.4) is 0 Å². The van der Waals surface area contributed by atoms with Crippen LogP contribution in [0.15, 0.2) is 35.7 Å². The maximum atomic E-state index is 11.8. The van der Waals surface area contributed by atoms with E-state index < -0.39 is 0 Å². The third-order valence-corrected chi connectivity index (χ3v) is 3.61. The van der Waals surface area contributed by atoms with Gasteiger partial charge in [-0.2, -0.15) is 5.10 Å². The van der Waals surface area contributed by atoms with Crippen molar-refractivity contribution in [3.8, 4) is 0 Å². The molecule has 1 heterocycles. The van der Waals surface area contributed by atoms with Crippen LogP contribution in [-0.4, -0.2) is 26.8 Å². The number of aromatic amines is 1. The van der Waals surface area contributed by atoms with E-state index in [0.717, 1.165) is 5.56 Å². The number of aromatic nitrogens is 3. The van der Waals surface area contributed by atoms with Crippen LogP contribution in [0.4, 0.5) is 0 Å². The zero-order valence-electron chi connectivity index (χ0n) is 10.3. The molecule has 0 aliphatic carbocycles. The fourth-order valence-electron chi connectivity index (χ4n) is 1.52. The molecule has 2 aromatic rings. The Morgan fingerprint density at radius 1 is 1.47 bits per heavy atom. The van der Waals surface area contributed by atoms with Gasteiger partial charge in [-0.05, 0) is 24.6 Å². The van der Waals surface area contributed by atoms with Gasteiger partial charge >= 0.3 is 0 Å². The average molecular weight is 297 g/mol. The Morgan fingerprint density at radius 2 is 2.21 bits per heavy atom. The Balaban J connectivity index is 1.83. The van der Waals surface area contributed by atoms with E-state index in [1.807, 2.05) is 31.2 Å². The lowest BCUT2D eigenvalue weighted by atomic mass is 10.1. The molecule has 0 unspecified atom stereocenters. The zero-order chi connectivity index (χ0) is 13.7. The number of nitrogens with zero attached hydrogens (tertiary/aromatic N) is 2. The molecule has 2 N–H and O–H groups in total. The van der Waals surface area contributed by atoms with Gasteiger partial charge in [0, 0.05) is 5.02 Å². The Bertz CT molecular complexity index is 529. The van der Waals surface area contributed by atoms with Crippen LogP contribution < -0.4 is 5.32 Å². The maximum absolute atomic E-state index is 11.8. The second-order valence-electron chi connectivity index (χ2n) is 3.92. The predicted octanol–water partition coefficient (Wildman–Crippen LogP) is 2.43. The lowest BCUT2D eigenvalue weighted by Gasteiger charge is -2.14. The fourth-order valence-corrected chi connectivity index (χ4v) is 2.23. The highest BCUT2D eigenvalue weighted by Gasteiger charge is 2.10. The minimum Gasteiger partial charge on any atom is -0.349 e. The van der Waals surface area contributed by atoms with Crippen LogP contribution in [-0.2, 0) is 4.79 Å². The maximum Gasteiger partial charge on any atom is 0.230 e. The van der Waals surface area contributed by atoms with Crippen molar-refractivity contribution in [3.05, 3.63) is 41.2 Å². The Kier molecular flexibility index (Phi) is 4.81. The Labute approximate surface area is 120 Å². The first-order valence-electron chi connectivity index (χ1n) is 5.68. The van der Waals surface area contributed by atoms with E-state index >= 15 is 0 Å². The monoisotopic (exact) mass is 296 g/mol. The molecule has 0 saturated carbocycles. The number of halogens is 1. The molecule has 0 fully saturated rings. The van der Waals surface area contributed by atoms with Crippen LogP contribution in [0, 0.1) is 0 Å². The first-order valence-corrected chi connectivity index (χ1v) is 7.04. The van der Waals surface area contributed by atoms with E-state index in [-0.39, 0.29) is 11.9 Å². The quantitative estimate of drug-likeness (QED) is 0.831. The van der Waals surface area contributed by atoms with Crippen LogP contribution in [0.2, 0.25) is 5.02 Å². The van der Waals surface area contributed by atoms with Crippen molar-refractivity contribution in [2.75, 3.05) is 5.75 Å². The van der Waals surface area contributed by atoms with Gasteiger partial charge in [0.05, 0.1) is 11.8 Å². The summed E-state index contributed by atoms with van der Waals surface area (Å²) < 4.78 is 0. The lowest BCUT2D eigenvalue weighted by Crippen LogP contribution is -2.28. The summed E-state index contributed by atoms with van der Waals surface area (Å²) in [5.41, 5.74) is 1.02. The number of carbonyl (C=O) groups excluding carboxylic acids is 1. The van der Waals surface area contributed by atoms with Gasteiger partial charge in [0.1, 0.15) is 6.33 Å². The van der Waals surface area contributed by atoms with Gasteiger partial charge in [0.2, 0.25) is 5.91 Å². The number of carbonyl (C=O) groups is 1. The van der Waals surface area contributed by atoms with Crippen molar-refractivity contribution in [2.45, 2.75) is 18.1 Å². The molecule has 1 atom stereocenters. The van der Waals surface area contributed by atoms with E-state index in [4.69, 9.17) is 11.6 Å². The first-order chi connectivity index (χ1) is 9.15. The molecule has 0 bridgehead atoms. The van der Waals surface area contributed by atoms with E-state index in [9.17, 15) is 4.79 Å². The van der Waals surface area contributed by atoms with Crippen molar-refractivity contribution in [1.82, 2.24) is 20.5 Å². The molecular formula is C12H13ClN4OS. The minimum absolute atomic E-state index is 0.0520. The van der Waals surface area contributed by atoms with Gasteiger partial charge in [-0.1, -0.05) is 35.5 Å². The molecule has 100 valence electrons. The smallest absolute Gasteiger partial charge is 0.230 e. The highest BCUT2D eigenvalue weighted by atomic mass is 35.5. The standard InChI is InChI=1S/C12H13ClN4OS/c1-8(9-2-4-10(13)5-3-9)16-11(18)6-19-12-14-7-15-17-12/h2-5,7-8H,6H2,1H3,(H,16,18)(H,14,15,17)/t8-/m1/s1. The largest absolute Gasteiger partial charge is 0.349 e. The van der Waals surface area contributed by atoms with Crippen LogP contribution >= 0.6 is 23.4 Å². The molecule has 5 nitrogen and oxygen atoms in total. The number of benzene rings is 1. The van der Waals surface area contributed by atoms with E-state index in [1.54, 1.807) is 0 Å². The van der Waals surface area contributed by atoms with Gasteiger partial charge in [-0.15, -0.1) is 0 Å². The number of nitrogens with one attached hydrogen (secondary N) is 2. The lowest BCUT2D eigenvalue weighted by molar-refractivity contribution is -0.119. The second kappa shape index (κ2) is 6.58. The molecular weight excluding hydrogens is 284 g/mol. The van der Waals surface area contributed by atoms with Gasteiger partial charge < -0.3 is 5.32 Å². The van der Waals surface area contributed by atoms with Crippen LogP contribution in [0.1, 0.15) is 18.5 Å². The number of amides is 1. The molecule has 0 aliphatic heterocycles. The highest BCUT2D eigenvalue weighted by molar-refractivity contribution is 7.99. The Morgan fingerprint density at radius 3 is 2.84 bits per heavy atom. The van der Waals surface area contributed by atoms with E-state index in [2.05, 4.69) is 20.5 Å². The molecule has 2 rings (SSSR count). The molecule has 19 heavy (non-hydrogen) atoms. The third-order valence-electron chi connectivity index (χ3n) is 2.48. The molecule has 1 amide bonds. The number of H-pyrrole nitrogens is 1. The van der Waals surface area contributed by atoms with Gasteiger partial charge in [0.25, 0.3) is 0 Å². The molecule has 0 saturated heterocycles. The number of rotatable bonds is 5. The number of hydrogen-bond acceptors (Lipinski definition) is 4. The highest BCUT2D eigenvalue weighted by Crippen LogP contribution is 2.16. The summed E-state index contributed by atoms with van der Waals surface area (Å²) in [6, 6.07) is 7.36. The average Bonchev–Trinajstić information content (AvgIpc) is 2.90. The Hall–Kier alpha value is -1.53. The summed E-state index contributed by atoms with van der Waals surface area (Å²) in [5.74, 6) is 0.247. The molecule has 1 aromatic heterocycles. The summed E-state index contributed by atoms with van der Waals surface area (Å²) in [6.07, 6.45) is 1.41. The molecule has 0 spiro atoms. The summed E-state index contributed by atoms with van der Waals surface area (Å²) in [7, 11) is 0. The second-order valence-corrected chi connectivity index (χ2v) is 5.32. The topological polar surface area (TPSA) is 70.7 Å². The van der Waals surface area contributed by atoms with Crippen molar-refractivity contribution in [2.24, 2.45) is 0 Å². The zero-order valence-corrected chi connectivity index (χ0v) is 11.8. The van der Waals surface area contributed by atoms with Crippen molar-refractivity contribution >= 4 is 29.3 Å². The molecule has 7 heteroatoms.